The Labute approximate surface area is 152 Å². The molecule has 2 aromatic carbocycles. The predicted molar refractivity (Wildman–Crippen MR) is 102 cm³/mol. The number of hydrogen-bond acceptors (Lipinski definition) is 4. The van der Waals surface area contributed by atoms with E-state index in [1.54, 1.807) is 12.1 Å². The summed E-state index contributed by atoms with van der Waals surface area (Å²) in [6.07, 6.45) is 5.48. The van der Waals surface area contributed by atoms with Gasteiger partial charge in [-0.05, 0) is 48.9 Å². The molecule has 0 radical (unpaired) electrons. The van der Waals surface area contributed by atoms with Crippen molar-refractivity contribution in [2.45, 2.75) is 32.2 Å². The first kappa shape index (κ1) is 16.6. The zero-order valence-electron chi connectivity index (χ0n) is 15.2. The monoisotopic (exact) mass is 350 g/mol. The summed E-state index contributed by atoms with van der Waals surface area (Å²) in [6, 6.07) is 9.76. The van der Waals surface area contributed by atoms with Gasteiger partial charge in [-0.25, -0.2) is 0 Å². The zero-order valence-corrected chi connectivity index (χ0v) is 15.2. The standard InChI is InChI=1S/C21H22N2O3/c1-12-9-13(2)20-17(10-12)15-5-4-6-16(15)21(22-20)14-7-8-19(26-3)18(11-14)23(24)25/h4-5,7-11,15-16,21-22H,6H2,1-3H3/t15-,16+,21+/m1/s1. The third-order valence-electron chi connectivity index (χ3n) is 5.57. The molecular weight excluding hydrogens is 328 g/mol. The molecule has 2 aliphatic rings. The van der Waals surface area contributed by atoms with E-state index in [4.69, 9.17) is 4.74 Å². The molecule has 2 aromatic rings. The van der Waals surface area contributed by atoms with Crippen LogP contribution >= 0.6 is 0 Å². The minimum Gasteiger partial charge on any atom is -0.490 e. The smallest absolute Gasteiger partial charge is 0.311 e. The van der Waals surface area contributed by atoms with Crippen LogP contribution in [-0.2, 0) is 0 Å². The average Bonchev–Trinajstić information content (AvgIpc) is 3.10. The topological polar surface area (TPSA) is 64.4 Å². The summed E-state index contributed by atoms with van der Waals surface area (Å²) >= 11 is 0. The molecule has 0 spiro atoms. The van der Waals surface area contributed by atoms with Gasteiger partial charge in [0.1, 0.15) is 0 Å². The van der Waals surface area contributed by atoms with Gasteiger partial charge in [0.2, 0.25) is 0 Å². The molecule has 0 aromatic heterocycles. The van der Waals surface area contributed by atoms with Crippen molar-refractivity contribution in [3.8, 4) is 5.75 Å². The lowest BCUT2D eigenvalue weighted by atomic mass is 9.76. The number of aryl methyl sites for hydroxylation is 2. The summed E-state index contributed by atoms with van der Waals surface area (Å²) in [5.74, 6) is 0.996. The summed E-state index contributed by atoms with van der Waals surface area (Å²) < 4.78 is 5.15. The Kier molecular flexibility index (Phi) is 3.94. The number of nitrogens with zero attached hydrogens (tertiary/aromatic N) is 1. The first-order valence-electron chi connectivity index (χ1n) is 8.86. The summed E-state index contributed by atoms with van der Waals surface area (Å²) in [4.78, 5) is 11.0. The Morgan fingerprint density at radius 2 is 2.04 bits per heavy atom. The van der Waals surface area contributed by atoms with Crippen LogP contribution in [0.3, 0.4) is 0 Å². The highest BCUT2D eigenvalue weighted by atomic mass is 16.6. The maximum absolute atomic E-state index is 11.4. The van der Waals surface area contributed by atoms with Crippen molar-refractivity contribution in [2.75, 3.05) is 12.4 Å². The molecule has 5 heteroatoms. The fraction of sp³-hybridized carbons (Fsp3) is 0.333. The largest absolute Gasteiger partial charge is 0.490 e. The molecule has 1 aliphatic heterocycles. The van der Waals surface area contributed by atoms with Gasteiger partial charge in [0.15, 0.2) is 5.75 Å². The molecule has 1 aliphatic carbocycles. The highest BCUT2D eigenvalue weighted by Crippen LogP contribution is 2.51. The van der Waals surface area contributed by atoms with Crippen molar-refractivity contribution >= 4 is 11.4 Å². The molecule has 4 rings (SSSR count). The molecular formula is C21H22N2O3. The van der Waals surface area contributed by atoms with Crippen molar-refractivity contribution in [1.29, 1.82) is 0 Å². The Balaban J connectivity index is 1.81. The average molecular weight is 350 g/mol. The molecule has 1 N–H and O–H groups in total. The van der Waals surface area contributed by atoms with Crippen LogP contribution in [0.2, 0.25) is 0 Å². The number of fused-ring (bicyclic) bond motifs is 3. The van der Waals surface area contributed by atoms with Gasteiger partial charge in [-0.3, -0.25) is 10.1 Å². The van der Waals surface area contributed by atoms with Crippen LogP contribution in [0.1, 0.15) is 40.6 Å². The lowest BCUT2D eigenvalue weighted by Gasteiger charge is -2.38. The molecule has 1 heterocycles. The molecule has 0 bridgehead atoms. The summed E-state index contributed by atoms with van der Waals surface area (Å²) in [5.41, 5.74) is 5.92. The summed E-state index contributed by atoms with van der Waals surface area (Å²) in [5, 5.41) is 15.1. The molecule has 0 amide bonds. The van der Waals surface area contributed by atoms with Crippen LogP contribution in [-0.4, -0.2) is 12.0 Å². The van der Waals surface area contributed by atoms with Crippen LogP contribution in [0.4, 0.5) is 11.4 Å². The fourth-order valence-electron chi connectivity index (χ4n) is 4.45. The molecule has 0 saturated carbocycles. The third kappa shape index (κ3) is 2.55. The van der Waals surface area contributed by atoms with E-state index in [1.165, 1.54) is 23.8 Å². The highest BCUT2D eigenvalue weighted by molar-refractivity contribution is 5.65. The number of rotatable bonds is 3. The summed E-state index contributed by atoms with van der Waals surface area (Å²) in [6.45, 7) is 4.24. The molecule has 26 heavy (non-hydrogen) atoms. The second-order valence-corrected chi connectivity index (χ2v) is 7.21. The van der Waals surface area contributed by atoms with E-state index >= 15 is 0 Å². The van der Waals surface area contributed by atoms with Crippen LogP contribution in [0, 0.1) is 29.9 Å². The van der Waals surface area contributed by atoms with E-state index in [9.17, 15) is 10.1 Å². The van der Waals surface area contributed by atoms with Gasteiger partial charge in [-0.15, -0.1) is 0 Å². The SMILES string of the molecule is COc1ccc([C@@H]2Nc3c(C)cc(C)cc3[C@@H]3C=CC[C@@H]32)cc1[N+](=O)[O-]. The second-order valence-electron chi connectivity index (χ2n) is 7.21. The molecule has 5 nitrogen and oxygen atoms in total. The van der Waals surface area contributed by atoms with E-state index < -0.39 is 0 Å². The number of ether oxygens (including phenoxy) is 1. The van der Waals surface area contributed by atoms with E-state index in [1.807, 2.05) is 6.07 Å². The Bertz CT molecular complexity index is 920. The first-order valence-corrected chi connectivity index (χ1v) is 8.86. The maximum atomic E-state index is 11.4. The minimum atomic E-state index is -0.377. The molecule has 0 saturated heterocycles. The van der Waals surface area contributed by atoms with Crippen molar-refractivity contribution in [1.82, 2.24) is 0 Å². The van der Waals surface area contributed by atoms with Gasteiger partial charge in [0.25, 0.3) is 0 Å². The quantitative estimate of drug-likeness (QED) is 0.478. The number of benzene rings is 2. The van der Waals surface area contributed by atoms with Gasteiger partial charge in [0, 0.05) is 17.7 Å². The number of methoxy groups -OCH3 is 1. The highest BCUT2D eigenvalue weighted by Gasteiger charge is 2.39. The van der Waals surface area contributed by atoms with Gasteiger partial charge >= 0.3 is 5.69 Å². The van der Waals surface area contributed by atoms with Crippen molar-refractivity contribution in [3.63, 3.8) is 0 Å². The van der Waals surface area contributed by atoms with Gasteiger partial charge < -0.3 is 10.1 Å². The third-order valence-corrected chi connectivity index (χ3v) is 5.57. The van der Waals surface area contributed by atoms with E-state index in [0.29, 0.717) is 17.6 Å². The lowest BCUT2D eigenvalue weighted by molar-refractivity contribution is -0.385. The number of nitrogens with one attached hydrogen (secondary N) is 1. The zero-order chi connectivity index (χ0) is 18.4. The van der Waals surface area contributed by atoms with Gasteiger partial charge in [0.05, 0.1) is 18.1 Å². The Morgan fingerprint density at radius 1 is 1.23 bits per heavy atom. The summed E-state index contributed by atoms with van der Waals surface area (Å²) in [7, 11) is 1.46. The number of nitro groups is 1. The molecule has 134 valence electrons. The first-order chi connectivity index (χ1) is 12.5. The van der Waals surface area contributed by atoms with E-state index in [-0.39, 0.29) is 16.7 Å². The predicted octanol–water partition coefficient (Wildman–Crippen LogP) is 5.05. The van der Waals surface area contributed by atoms with Crippen molar-refractivity contribution in [3.05, 3.63) is 74.9 Å². The van der Waals surface area contributed by atoms with E-state index in [2.05, 4.69) is 43.4 Å². The Morgan fingerprint density at radius 3 is 2.77 bits per heavy atom. The van der Waals surface area contributed by atoms with Crippen molar-refractivity contribution in [2.24, 2.45) is 5.92 Å². The molecule has 3 atom stereocenters. The van der Waals surface area contributed by atoms with Gasteiger partial charge in [-0.1, -0.05) is 35.9 Å². The number of anilines is 1. The van der Waals surface area contributed by atoms with Crippen LogP contribution < -0.4 is 10.1 Å². The van der Waals surface area contributed by atoms with Crippen LogP contribution in [0.25, 0.3) is 0 Å². The maximum Gasteiger partial charge on any atom is 0.311 e. The normalized spacial score (nSPS) is 23.1. The molecule has 0 unspecified atom stereocenters. The second kappa shape index (κ2) is 6.16. The minimum absolute atomic E-state index is 0.0146. The van der Waals surface area contributed by atoms with Crippen molar-refractivity contribution < 1.29 is 9.66 Å². The number of hydrogen-bond donors (Lipinski definition) is 1. The molecule has 0 fully saturated rings. The number of nitro benzene ring substituents is 1. The Hall–Kier alpha value is -2.82. The fourth-order valence-corrected chi connectivity index (χ4v) is 4.45. The lowest BCUT2D eigenvalue weighted by Crippen LogP contribution is -2.29. The van der Waals surface area contributed by atoms with Crippen LogP contribution in [0.5, 0.6) is 5.75 Å². The van der Waals surface area contributed by atoms with E-state index in [0.717, 1.165) is 17.7 Å². The van der Waals surface area contributed by atoms with Crippen LogP contribution in [0.15, 0.2) is 42.5 Å². The van der Waals surface area contributed by atoms with Gasteiger partial charge in [-0.2, -0.15) is 0 Å². The number of allylic oxidation sites excluding steroid dienone is 2.